The molecule has 0 spiro atoms. The average molecular weight is 250 g/mol. The van der Waals surface area contributed by atoms with Gasteiger partial charge in [0.25, 0.3) is 0 Å². The lowest BCUT2D eigenvalue weighted by molar-refractivity contribution is -0.117. The molecule has 1 aromatic rings. The summed E-state index contributed by atoms with van der Waals surface area (Å²) in [6, 6.07) is 3.96. The number of aromatic hydroxyl groups is 1. The van der Waals surface area contributed by atoms with Gasteiger partial charge in [-0.25, -0.2) is 4.79 Å². The molecule has 4 N–H and O–H groups in total. The number of rotatable bonds is 4. The van der Waals surface area contributed by atoms with Crippen molar-refractivity contribution in [3.8, 4) is 5.75 Å². The average Bonchev–Trinajstić information content (AvgIpc) is 2.23. The number of carbonyl (C=O) groups is 2. The number of carbonyl (C=O) groups excluding carboxylic acids is 1. The minimum Gasteiger partial charge on any atom is -0.507 e. The molecule has 2 rings (SSSR count). The monoisotopic (exact) mass is 250 g/mol. The van der Waals surface area contributed by atoms with Crippen LogP contribution in [0.3, 0.4) is 0 Å². The van der Waals surface area contributed by atoms with E-state index in [1.165, 1.54) is 18.2 Å². The Morgan fingerprint density at radius 1 is 1.39 bits per heavy atom. The SMILES string of the molecule is O=C(CC1CNC1)Nc1ccc(C(=O)O)c(O)c1. The van der Waals surface area contributed by atoms with Crippen molar-refractivity contribution < 1.29 is 19.8 Å². The van der Waals surface area contributed by atoms with Gasteiger partial charge in [0.2, 0.25) is 5.91 Å². The van der Waals surface area contributed by atoms with Gasteiger partial charge in [0.05, 0.1) is 0 Å². The molecule has 6 heteroatoms. The van der Waals surface area contributed by atoms with E-state index in [0.717, 1.165) is 13.1 Å². The van der Waals surface area contributed by atoms with Crippen LogP contribution in [-0.4, -0.2) is 35.2 Å². The van der Waals surface area contributed by atoms with Crippen LogP contribution in [0.1, 0.15) is 16.8 Å². The summed E-state index contributed by atoms with van der Waals surface area (Å²) in [6.07, 6.45) is 0.425. The molecule has 0 unspecified atom stereocenters. The Labute approximate surface area is 104 Å². The van der Waals surface area contributed by atoms with Gasteiger partial charge < -0.3 is 20.8 Å². The number of amides is 1. The Kier molecular flexibility index (Phi) is 3.47. The standard InChI is InChI=1S/C12H14N2O4/c15-10-4-8(1-2-9(10)12(17)18)14-11(16)3-7-5-13-6-7/h1-2,4,7,13,15H,3,5-6H2,(H,14,16)(H,17,18). The molecule has 0 bridgehead atoms. The molecule has 6 nitrogen and oxygen atoms in total. The van der Waals surface area contributed by atoms with Crippen molar-refractivity contribution in [1.82, 2.24) is 5.32 Å². The maximum atomic E-state index is 11.6. The van der Waals surface area contributed by atoms with Gasteiger partial charge in [-0.2, -0.15) is 0 Å². The molecule has 1 aliphatic rings. The van der Waals surface area contributed by atoms with Crippen LogP contribution in [0.15, 0.2) is 18.2 Å². The maximum absolute atomic E-state index is 11.6. The summed E-state index contributed by atoms with van der Waals surface area (Å²) in [6.45, 7) is 1.69. The lowest BCUT2D eigenvalue weighted by atomic mass is 9.99. The molecule has 1 fully saturated rings. The lowest BCUT2D eigenvalue weighted by Crippen LogP contribution is -2.43. The highest BCUT2D eigenvalue weighted by Crippen LogP contribution is 2.22. The van der Waals surface area contributed by atoms with E-state index in [2.05, 4.69) is 10.6 Å². The van der Waals surface area contributed by atoms with Crippen molar-refractivity contribution >= 4 is 17.6 Å². The van der Waals surface area contributed by atoms with E-state index in [9.17, 15) is 14.7 Å². The van der Waals surface area contributed by atoms with Crippen molar-refractivity contribution in [3.05, 3.63) is 23.8 Å². The third-order valence-electron chi connectivity index (χ3n) is 2.85. The van der Waals surface area contributed by atoms with Crippen molar-refractivity contribution in [2.75, 3.05) is 18.4 Å². The number of benzene rings is 1. The van der Waals surface area contributed by atoms with E-state index < -0.39 is 5.97 Å². The quantitative estimate of drug-likeness (QED) is 0.628. The molecule has 0 saturated carbocycles. The normalized spacial score (nSPS) is 14.9. The number of aromatic carboxylic acids is 1. The van der Waals surface area contributed by atoms with Crippen LogP contribution in [0.4, 0.5) is 5.69 Å². The number of hydrogen-bond acceptors (Lipinski definition) is 4. The van der Waals surface area contributed by atoms with Crippen LogP contribution >= 0.6 is 0 Å². The Hall–Kier alpha value is -2.08. The number of anilines is 1. The van der Waals surface area contributed by atoms with E-state index in [0.29, 0.717) is 18.0 Å². The summed E-state index contributed by atoms with van der Waals surface area (Å²) >= 11 is 0. The fourth-order valence-corrected chi connectivity index (χ4v) is 1.76. The first-order chi connectivity index (χ1) is 8.56. The lowest BCUT2D eigenvalue weighted by Gasteiger charge is -2.26. The zero-order valence-electron chi connectivity index (χ0n) is 9.64. The highest BCUT2D eigenvalue weighted by molar-refractivity contribution is 5.94. The van der Waals surface area contributed by atoms with Gasteiger partial charge in [0, 0.05) is 18.2 Å². The minimum atomic E-state index is -1.20. The second-order valence-corrected chi connectivity index (χ2v) is 4.31. The van der Waals surface area contributed by atoms with Crippen LogP contribution in [-0.2, 0) is 4.79 Å². The summed E-state index contributed by atoms with van der Waals surface area (Å²) in [5.41, 5.74) is 0.214. The third-order valence-corrected chi connectivity index (χ3v) is 2.85. The first kappa shape index (κ1) is 12.4. The molecule has 1 aromatic carbocycles. The summed E-state index contributed by atoms with van der Waals surface area (Å²) in [5, 5.41) is 23.9. The van der Waals surface area contributed by atoms with Gasteiger partial charge in [-0.05, 0) is 31.1 Å². The number of carboxylic acid groups (broad SMARTS) is 1. The summed E-state index contributed by atoms with van der Waals surface area (Å²) < 4.78 is 0. The van der Waals surface area contributed by atoms with Gasteiger partial charge in [-0.1, -0.05) is 0 Å². The van der Waals surface area contributed by atoms with E-state index in [1.54, 1.807) is 0 Å². The van der Waals surface area contributed by atoms with E-state index in [4.69, 9.17) is 5.11 Å². The predicted molar refractivity (Wildman–Crippen MR) is 64.7 cm³/mol. The van der Waals surface area contributed by atoms with E-state index in [-0.39, 0.29) is 17.2 Å². The molecule has 0 radical (unpaired) electrons. The molecule has 1 amide bonds. The topological polar surface area (TPSA) is 98.7 Å². The zero-order valence-corrected chi connectivity index (χ0v) is 9.64. The van der Waals surface area contributed by atoms with Gasteiger partial charge in [0.1, 0.15) is 11.3 Å². The Morgan fingerprint density at radius 3 is 2.61 bits per heavy atom. The fraction of sp³-hybridized carbons (Fsp3) is 0.333. The highest BCUT2D eigenvalue weighted by atomic mass is 16.4. The number of nitrogens with one attached hydrogen (secondary N) is 2. The molecule has 1 saturated heterocycles. The Balaban J connectivity index is 1.98. The summed E-state index contributed by atoms with van der Waals surface area (Å²) in [5.74, 6) is -1.34. The molecule has 0 atom stereocenters. The predicted octanol–water partition coefficient (Wildman–Crippen LogP) is 0.638. The van der Waals surface area contributed by atoms with E-state index >= 15 is 0 Å². The molecular formula is C12H14N2O4. The molecule has 18 heavy (non-hydrogen) atoms. The summed E-state index contributed by atoms with van der Waals surface area (Å²) in [7, 11) is 0. The van der Waals surface area contributed by atoms with Crippen molar-refractivity contribution in [1.29, 1.82) is 0 Å². The van der Waals surface area contributed by atoms with Gasteiger partial charge in [0.15, 0.2) is 0 Å². The van der Waals surface area contributed by atoms with Crippen LogP contribution < -0.4 is 10.6 Å². The molecule has 1 heterocycles. The highest BCUT2D eigenvalue weighted by Gasteiger charge is 2.20. The van der Waals surface area contributed by atoms with Crippen molar-refractivity contribution in [3.63, 3.8) is 0 Å². The van der Waals surface area contributed by atoms with Gasteiger partial charge in [-0.15, -0.1) is 0 Å². The van der Waals surface area contributed by atoms with Crippen molar-refractivity contribution in [2.24, 2.45) is 5.92 Å². The second-order valence-electron chi connectivity index (χ2n) is 4.31. The van der Waals surface area contributed by atoms with E-state index in [1.807, 2.05) is 0 Å². The number of phenols is 1. The number of hydrogen-bond donors (Lipinski definition) is 4. The minimum absolute atomic E-state index is 0.135. The fourth-order valence-electron chi connectivity index (χ4n) is 1.76. The van der Waals surface area contributed by atoms with Gasteiger partial charge >= 0.3 is 5.97 Å². The molecular weight excluding hydrogens is 236 g/mol. The molecule has 96 valence electrons. The largest absolute Gasteiger partial charge is 0.507 e. The molecule has 0 aromatic heterocycles. The van der Waals surface area contributed by atoms with Crippen molar-refractivity contribution in [2.45, 2.75) is 6.42 Å². The zero-order chi connectivity index (χ0) is 13.1. The first-order valence-electron chi connectivity index (χ1n) is 5.63. The smallest absolute Gasteiger partial charge is 0.339 e. The molecule has 1 aliphatic heterocycles. The Bertz CT molecular complexity index is 483. The number of carboxylic acids is 1. The maximum Gasteiger partial charge on any atom is 0.339 e. The Morgan fingerprint density at radius 2 is 2.11 bits per heavy atom. The first-order valence-corrected chi connectivity index (χ1v) is 5.63. The third kappa shape index (κ3) is 2.78. The van der Waals surface area contributed by atoms with Crippen LogP contribution in [0.25, 0.3) is 0 Å². The van der Waals surface area contributed by atoms with Crippen LogP contribution in [0.5, 0.6) is 5.75 Å². The second kappa shape index (κ2) is 5.05. The van der Waals surface area contributed by atoms with Crippen LogP contribution in [0, 0.1) is 5.92 Å². The molecule has 0 aliphatic carbocycles. The van der Waals surface area contributed by atoms with Crippen LogP contribution in [0.2, 0.25) is 0 Å². The van der Waals surface area contributed by atoms with Gasteiger partial charge in [-0.3, -0.25) is 4.79 Å². The summed E-state index contributed by atoms with van der Waals surface area (Å²) in [4.78, 5) is 22.3.